The summed E-state index contributed by atoms with van der Waals surface area (Å²) in [4.78, 5) is 12.1. The van der Waals surface area contributed by atoms with Crippen molar-refractivity contribution in [3.05, 3.63) is 34.6 Å². The average molecular weight is 285 g/mol. The van der Waals surface area contributed by atoms with E-state index in [2.05, 4.69) is 10.6 Å². The molecule has 0 aliphatic carbocycles. The normalized spacial score (nSPS) is 20.9. The van der Waals surface area contributed by atoms with Gasteiger partial charge in [0.25, 0.3) is 0 Å². The van der Waals surface area contributed by atoms with Crippen LogP contribution in [-0.4, -0.2) is 18.5 Å². The number of hydrogen-bond donors (Lipinski definition) is 2. The van der Waals surface area contributed by atoms with Crippen LogP contribution in [0.25, 0.3) is 0 Å². The highest BCUT2D eigenvalue weighted by Gasteiger charge is 2.22. The van der Waals surface area contributed by atoms with Gasteiger partial charge in [0.2, 0.25) is 5.91 Å². The molecule has 1 aromatic carbocycles. The molecule has 1 fully saturated rings. The number of benzene rings is 1. The highest BCUT2D eigenvalue weighted by molar-refractivity contribution is 6.30. The molecular weight excluding hydrogens is 267 g/mol. The third-order valence-electron chi connectivity index (χ3n) is 3.43. The minimum atomic E-state index is -0.446. The van der Waals surface area contributed by atoms with E-state index in [1.807, 2.05) is 6.92 Å². The fraction of sp³-hybridized carbons (Fsp3) is 0.500. The molecular formula is C14H18ClFN2O. The first-order chi connectivity index (χ1) is 9.08. The SMILES string of the molecule is CC(NC(=O)C1CCCCN1)c1ccc(F)c(Cl)c1. The minimum absolute atomic E-state index is 0.00681. The summed E-state index contributed by atoms with van der Waals surface area (Å²) in [7, 11) is 0. The first kappa shape index (κ1) is 14.3. The Bertz CT molecular complexity index is 461. The topological polar surface area (TPSA) is 41.1 Å². The second-order valence-corrected chi connectivity index (χ2v) is 5.31. The van der Waals surface area contributed by atoms with Crippen molar-refractivity contribution in [1.82, 2.24) is 10.6 Å². The number of carbonyl (C=O) groups is 1. The van der Waals surface area contributed by atoms with Crippen molar-refractivity contribution in [2.45, 2.75) is 38.3 Å². The van der Waals surface area contributed by atoms with Crippen LogP contribution in [0, 0.1) is 5.82 Å². The van der Waals surface area contributed by atoms with Gasteiger partial charge >= 0.3 is 0 Å². The van der Waals surface area contributed by atoms with Crippen LogP contribution in [0.4, 0.5) is 4.39 Å². The summed E-state index contributed by atoms with van der Waals surface area (Å²) in [6, 6.07) is 4.21. The molecule has 0 bridgehead atoms. The molecule has 104 valence electrons. The van der Waals surface area contributed by atoms with Gasteiger partial charge in [-0.25, -0.2) is 4.39 Å². The second kappa shape index (κ2) is 6.35. The van der Waals surface area contributed by atoms with Gasteiger partial charge < -0.3 is 10.6 Å². The highest BCUT2D eigenvalue weighted by Crippen LogP contribution is 2.21. The molecule has 19 heavy (non-hydrogen) atoms. The average Bonchev–Trinajstić information content (AvgIpc) is 2.42. The largest absolute Gasteiger partial charge is 0.348 e. The summed E-state index contributed by atoms with van der Waals surface area (Å²) < 4.78 is 13.1. The highest BCUT2D eigenvalue weighted by atomic mass is 35.5. The predicted octanol–water partition coefficient (Wildman–Crippen LogP) is 2.80. The number of amides is 1. The molecule has 1 aliphatic rings. The Hall–Kier alpha value is -1.13. The summed E-state index contributed by atoms with van der Waals surface area (Å²) >= 11 is 5.74. The number of carbonyl (C=O) groups excluding carboxylic acids is 1. The standard InChI is InChI=1S/C14H18ClFN2O/c1-9(10-5-6-12(16)11(15)8-10)18-14(19)13-4-2-3-7-17-13/h5-6,8-9,13,17H,2-4,7H2,1H3,(H,18,19). The third-order valence-corrected chi connectivity index (χ3v) is 3.72. The zero-order valence-corrected chi connectivity index (χ0v) is 11.6. The third kappa shape index (κ3) is 3.67. The Morgan fingerprint density at radius 1 is 1.53 bits per heavy atom. The van der Waals surface area contributed by atoms with Gasteiger partial charge in [-0.05, 0) is 44.0 Å². The van der Waals surface area contributed by atoms with Crippen LogP contribution in [0.15, 0.2) is 18.2 Å². The van der Waals surface area contributed by atoms with Gasteiger partial charge in [-0.1, -0.05) is 24.1 Å². The molecule has 1 heterocycles. The Morgan fingerprint density at radius 3 is 2.95 bits per heavy atom. The van der Waals surface area contributed by atoms with E-state index in [0.717, 1.165) is 31.4 Å². The molecule has 0 aromatic heterocycles. The lowest BCUT2D eigenvalue weighted by Crippen LogP contribution is -2.47. The Labute approximate surface area is 117 Å². The molecule has 1 aromatic rings. The summed E-state index contributed by atoms with van der Waals surface area (Å²) in [5.41, 5.74) is 0.801. The summed E-state index contributed by atoms with van der Waals surface area (Å²) in [5, 5.41) is 6.21. The molecule has 5 heteroatoms. The van der Waals surface area contributed by atoms with Crippen molar-refractivity contribution in [1.29, 1.82) is 0 Å². The Kier molecular flexibility index (Phi) is 4.77. The zero-order valence-electron chi connectivity index (χ0n) is 10.9. The van der Waals surface area contributed by atoms with Gasteiger partial charge in [0, 0.05) is 0 Å². The second-order valence-electron chi connectivity index (χ2n) is 4.91. The van der Waals surface area contributed by atoms with E-state index in [-0.39, 0.29) is 23.0 Å². The summed E-state index contributed by atoms with van der Waals surface area (Å²) in [5.74, 6) is -0.453. The van der Waals surface area contributed by atoms with Crippen LogP contribution < -0.4 is 10.6 Å². The van der Waals surface area contributed by atoms with Crippen molar-refractivity contribution in [2.75, 3.05) is 6.54 Å². The van der Waals surface area contributed by atoms with E-state index in [9.17, 15) is 9.18 Å². The Morgan fingerprint density at radius 2 is 2.32 bits per heavy atom. The van der Waals surface area contributed by atoms with Crippen LogP contribution in [0.2, 0.25) is 5.02 Å². The molecule has 2 rings (SSSR count). The summed E-state index contributed by atoms with van der Waals surface area (Å²) in [6.07, 6.45) is 3.05. The maximum Gasteiger partial charge on any atom is 0.237 e. The first-order valence-electron chi connectivity index (χ1n) is 6.56. The number of piperidine rings is 1. The quantitative estimate of drug-likeness (QED) is 0.896. The lowest BCUT2D eigenvalue weighted by Gasteiger charge is -2.24. The molecule has 3 nitrogen and oxygen atoms in total. The van der Waals surface area contributed by atoms with Gasteiger partial charge in [0.15, 0.2) is 0 Å². The maximum absolute atomic E-state index is 13.1. The van der Waals surface area contributed by atoms with Crippen LogP contribution in [0.1, 0.15) is 37.8 Å². The number of hydrogen-bond acceptors (Lipinski definition) is 2. The molecule has 0 spiro atoms. The summed E-state index contributed by atoms with van der Waals surface area (Å²) in [6.45, 7) is 2.75. The molecule has 2 unspecified atom stereocenters. The maximum atomic E-state index is 13.1. The van der Waals surface area contributed by atoms with Crippen LogP contribution in [0.5, 0.6) is 0 Å². The van der Waals surface area contributed by atoms with Crippen molar-refractivity contribution in [3.63, 3.8) is 0 Å². The molecule has 0 saturated carbocycles. The van der Waals surface area contributed by atoms with Crippen LogP contribution in [-0.2, 0) is 4.79 Å². The van der Waals surface area contributed by atoms with E-state index in [1.54, 1.807) is 12.1 Å². The van der Waals surface area contributed by atoms with Gasteiger partial charge in [-0.3, -0.25) is 4.79 Å². The van der Waals surface area contributed by atoms with E-state index < -0.39 is 5.82 Å². The molecule has 2 N–H and O–H groups in total. The van der Waals surface area contributed by atoms with E-state index in [4.69, 9.17) is 11.6 Å². The lowest BCUT2D eigenvalue weighted by molar-refractivity contribution is -0.124. The fourth-order valence-electron chi connectivity index (χ4n) is 2.25. The Balaban J connectivity index is 1.97. The first-order valence-corrected chi connectivity index (χ1v) is 6.94. The van der Waals surface area contributed by atoms with Gasteiger partial charge in [-0.2, -0.15) is 0 Å². The van der Waals surface area contributed by atoms with Crippen molar-refractivity contribution in [2.24, 2.45) is 0 Å². The van der Waals surface area contributed by atoms with Crippen LogP contribution in [0.3, 0.4) is 0 Å². The minimum Gasteiger partial charge on any atom is -0.348 e. The number of nitrogens with one attached hydrogen (secondary N) is 2. The van der Waals surface area contributed by atoms with E-state index in [0.29, 0.717) is 0 Å². The molecule has 1 amide bonds. The predicted molar refractivity (Wildman–Crippen MR) is 73.6 cm³/mol. The smallest absolute Gasteiger partial charge is 0.237 e. The number of halogens is 2. The van der Waals surface area contributed by atoms with Crippen molar-refractivity contribution < 1.29 is 9.18 Å². The van der Waals surface area contributed by atoms with Crippen molar-refractivity contribution >= 4 is 17.5 Å². The monoisotopic (exact) mass is 284 g/mol. The molecule has 2 atom stereocenters. The van der Waals surface area contributed by atoms with Gasteiger partial charge in [0.1, 0.15) is 5.82 Å². The van der Waals surface area contributed by atoms with Crippen LogP contribution >= 0.6 is 11.6 Å². The van der Waals surface area contributed by atoms with E-state index >= 15 is 0 Å². The van der Waals surface area contributed by atoms with Crippen molar-refractivity contribution in [3.8, 4) is 0 Å². The van der Waals surface area contributed by atoms with Gasteiger partial charge in [-0.15, -0.1) is 0 Å². The molecule has 0 radical (unpaired) electrons. The molecule has 1 saturated heterocycles. The lowest BCUT2D eigenvalue weighted by atomic mass is 10.0. The van der Waals surface area contributed by atoms with Gasteiger partial charge in [0.05, 0.1) is 17.1 Å². The van der Waals surface area contributed by atoms with E-state index in [1.165, 1.54) is 6.07 Å². The molecule has 1 aliphatic heterocycles. The number of rotatable bonds is 3. The fourth-order valence-corrected chi connectivity index (χ4v) is 2.44. The zero-order chi connectivity index (χ0) is 13.8.